The molecule has 1 unspecified atom stereocenters. The molecule has 0 aliphatic carbocycles. The lowest BCUT2D eigenvalue weighted by Gasteiger charge is -2.18. The number of fused-ring (bicyclic) bond motifs is 3. The average Bonchev–Trinajstić information content (AvgIpc) is 3.06. The van der Waals surface area contributed by atoms with Gasteiger partial charge < -0.3 is 9.30 Å². The normalized spacial score (nSPS) is 19.6. The zero-order valence-electron chi connectivity index (χ0n) is 12.6. The van der Waals surface area contributed by atoms with Crippen molar-refractivity contribution in [2.45, 2.75) is 25.2 Å². The second-order valence-electron chi connectivity index (χ2n) is 5.73. The van der Waals surface area contributed by atoms with Crippen molar-refractivity contribution < 1.29 is 22.3 Å². The fraction of sp³-hybridized carbons (Fsp3) is 0.235. The lowest BCUT2D eigenvalue weighted by molar-refractivity contribution is -0.0507. The Morgan fingerprint density at radius 3 is 2.76 bits per heavy atom. The zero-order valence-corrected chi connectivity index (χ0v) is 14.2. The predicted molar refractivity (Wildman–Crippen MR) is 87.1 cm³/mol. The lowest BCUT2D eigenvalue weighted by atomic mass is 10.0. The molecule has 3 aromatic rings. The summed E-state index contributed by atoms with van der Waals surface area (Å²) in [5.74, 6) is -0.354. The van der Waals surface area contributed by atoms with Crippen LogP contribution in [0.3, 0.4) is 0 Å². The summed E-state index contributed by atoms with van der Waals surface area (Å²) in [6.45, 7) is -2.98. The molecule has 0 saturated heterocycles. The van der Waals surface area contributed by atoms with Crippen LogP contribution in [-0.2, 0) is 0 Å². The first-order valence-electron chi connectivity index (χ1n) is 7.50. The molecule has 8 heteroatoms. The van der Waals surface area contributed by atoms with E-state index >= 15 is 0 Å². The van der Waals surface area contributed by atoms with Crippen molar-refractivity contribution in [1.82, 2.24) is 9.55 Å². The molecule has 1 aliphatic rings. The third-order valence-electron chi connectivity index (χ3n) is 4.27. The minimum absolute atomic E-state index is 0.00872. The predicted octanol–water partition coefficient (Wildman–Crippen LogP) is 5.54. The van der Waals surface area contributed by atoms with E-state index in [1.165, 1.54) is 18.2 Å². The number of alkyl halides is 3. The van der Waals surface area contributed by atoms with Crippen LogP contribution in [0.25, 0.3) is 11.0 Å². The highest BCUT2D eigenvalue weighted by atomic mass is 79.9. The van der Waals surface area contributed by atoms with Crippen LogP contribution in [0.4, 0.5) is 17.6 Å². The Morgan fingerprint density at radius 1 is 1.24 bits per heavy atom. The number of hydrogen-bond acceptors (Lipinski definition) is 2. The van der Waals surface area contributed by atoms with E-state index in [4.69, 9.17) is 0 Å². The maximum Gasteiger partial charge on any atom is 0.387 e. The van der Waals surface area contributed by atoms with E-state index < -0.39 is 24.6 Å². The van der Waals surface area contributed by atoms with Crippen molar-refractivity contribution in [3.63, 3.8) is 0 Å². The molecule has 4 rings (SSSR count). The minimum atomic E-state index is -2.98. The molecule has 130 valence electrons. The average molecular weight is 415 g/mol. The Hall–Kier alpha value is -2.09. The molecule has 2 heterocycles. The second-order valence-corrected chi connectivity index (χ2v) is 6.58. The molecule has 1 aromatic heterocycles. The van der Waals surface area contributed by atoms with Crippen LogP contribution in [0.1, 0.15) is 30.0 Å². The van der Waals surface area contributed by atoms with Gasteiger partial charge in [0.2, 0.25) is 0 Å². The number of benzene rings is 2. The highest BCUT2D eigenvalue weighted by molar-refractivity contribution is 9.10. The summed E-state index contributed by atoms with van der Waals surface area (Å²) < 4.78 is 60.1. The van der Waals surface area contributed by atoms with E-state index in [2.05, 4.69) is 25.7 Å². The van der Waals surface area contributed by atoms with Gasteiger partial charge in [0.1, 0.15) is 17.4 Å². The van der Waals surface area contributed by atoms with Crippen LogP contribution in [0, 0.1) is 5.82 Å². The number of para-hydroxylation sites is 1. The van der Waals surface area contributed by atoms with Gasteiger partial charge in [-0.25, -0.2) is 13.8 Å². The molecule has 2 aromatic carbocycles. The smallest absolute Gasteiger partial charge is 0.387 e. The number of nitrogens with zero attached hydrogens (tertiary/aromatic N) is 2. The molecular formula is C17H11BrF4N2O. The lowest BCUT2D eigenvalue weighted by Crippen LogP contribution is -2.10. The topological polar surface area (TPSA) is 27.1 Å². The van der Waals surface area contributed by atoms with Crippen LogP contribution in [0.5, 0.6) is 5.75 Å². The molecule has 2 atom stereocenters. The molecule has 3 nitrogen and oxygen atoms in total. The first-order chi connectivity index (χ1) is 12.0. The fourth-order valence-electron chi connectivity index (χ4n) is 3.29. The first-order valence-corrected chi connectivity index (χ1v) is 8.29. The third-order valence-corrected chi connectivity index (χ3v) is 4.88. The Labute approximate surface area is 148 Å². The summed E-state index contributed by atoms with van der Waals surface area (Å²) in [4.78, 5) is 4.18. The Bertz CT molecular complexity index is 959. The molecular weight excluding hydrogens is 404 g/mol. The summed E-state index contributed by atoms with van der Waals surface area (Å²) in [6, 6.07) is 8.45. The van der Waals surface area contributed by atoms with Crippen molar-refractivity contribution in [2.75, 3.05) is 0 Å². The van der Waals surface area contributed by atoms with Crippen LogP contribution >= 0.6 is 15.9 Å². The third kappa shape index (κ3) is 2.68. The monoisotopic (exact) mass is 414 g/mol. The van der Waals surface area contributed by atoms with Crippen molar-refractivity contribution in [3.8, 4) is 5.75 Å². The number of ether oxygens (including phenoxy) is 1. The molecule has 0 saturated carbocycles. The molecule has 0 bridgehead atoms. The van der Waals surface area contributed by atoms with E-state index in [1.807, 2.05) is 0 Å². The largest absolute Gasteiger partial charge is 0.434 e. The molecule has 25 heavy (non-hydrogen) atoms. The summed E-state index contributed by atoms with van der Waals surface area (Å²) in [5.41, 5.74) is 1.28. The second kappa shape index (κ2) is 6.01. The number of hydrogen-bond donors (Lipinski definition) is 0. The van der Waals surface area contributed by atoms with Crippen LogP contribution in [0.15, 0.2) is 40.9 Å². The molecule has 0 amide bonds. The molecule has 0 fully saturated rings. The number of imidazole rings is 1. The van der Waals surface area contributed by atoms with E-state index in [-0.39, 0.29) is 22.5 Å². The van der Waals surface area contributed by atoms with Gasteiger partial charge in [-0.15, -0.1) is 0 Å². The standard InChI is InChI=1S/C17H11BrF4N2O/c18-9-5-14-12(6-10(9)19)23-16-11(20)7-13(24(14)16)8-3-1-2-4-15(8)25-17(21)22/h1-6,11,13,17H,7H2/t11-,13?/m0/s1. The Balaban J connectivity index is 1.90. The number of rotatable bonds is 3. The molecule has 0 radical (unpaired) electrons. The zero-order chi connectivity index (χ0) is 17.7. The first kappa shape index (κ1) is 16.4. The maximum atomic E-state index is 14.5. The van der Waals surface area contributed by atoms with E-state index in [0.29, 0.717) is 16.6 Å². The minimum Gasteiger partial charge on any atom is -0.434 e. The SMILES string of the molecule is Fc1cc2nc3n(c2cc1Br)C(c1ccccc1OC(F)F)C[C@@H]3F. The fourth-order valence-corrected chi connectivity index (χ4v) is 3.62. The van der Waals surface area contributed by atoms with Crippen molar-refractivity contribution >= 4 is 27.0 Å². The number of aromatic nitrogens is 2. The van der Waals surface area contributed by atoms with Gasteiger partial charge in [-0.05, 0) is 28.1 Å². The van der Waals surface area contributed by atoms with Gasteiger partial charge >= 0.3 is 6.61 Å². The van der Waals surface area contributed by atoms with Gasteiger partial charge in [0, 0.05) is 18.1 Å². The highest BCUT2D eigenvalue weighted by Crippen LogP contribution is 2.45. The van der Waals surface area contributed by atoms with Gasteiger partial charge in [-0.3, -0.25) is 0 Å². The van der Waals surface area contributed by atoms with E-state index in [9.17, 15) is 17.6 Å². The number of halogens is 5. The van der Waals surface area contributed by atoms with Crippen LogP contribution in [-0.4, -0.2) is 16.2 Å². The van der Waals surface area contributed by atoms with E-state index in [0.717, 1.165) is 0 Å². The van der Waals surface area contributed by atoms with Crippen LogP contribution in [0.2, 0.25) is 0 Å². The molecule has 1 aliphatic heterocycles. The van der Waals surface area contributed by atoms with Gasteiger partial charge in [0.15, 0.2) is 6.17 Å². The van der Waals surface area contributed by atoms with Gasteiger partial charge in [-0.2, -0.15) is 8.78 Å². The summed E-state index contributed by atoms with van der Waals surface area (Å²) in [6.07, 6.45) is -1.32. The maximum absolute atomic E-state index is 14.5. The van der Waals surface area contributed by atoms with Crippen molar-refractivity contribution in [3.05, 3.63) is 58.1 Å². The summed E-state index contributed by atoms with van der Waals surface area (Å²) in [7, 11) is 0. The highest BCUT2D eigenvalue weighted by Gasteiger charge is 2.36. The summed E-state index contributed by atoms with van der Waals surface area (Å²) >= 11 is 3.11. The molecule has 0 N–H and O–H groups in total. The Kier molecular flexibility index (Phi) is 3.94. The van der Waals surface area contributed by atoms with E-state index in [1.54, 1.807) is 22.8 Å². The molecule has 0 spiro atoms. The van der Waals surface area contributed by atoms with Gasteiger partial charge in [0.25, 0.3) is 0 Å². The van der Waals surface area contributed by atoms with Crippen LogP contribution < -0.4 is 4.74 Å². The van der Waals surface area contributed by atoms with Gasteiger partial charge in [-0.1, -0.05) is 18.2 Å². The quantitative estimate of drug-likeness (QED) is 0.525. The Morgan fingerprint density at radius 2 is 2.00 bits per heavy atom. The van der Waals surface area contributed by atoms with Crippen molar-refractivity contribution in [1.29, 1.82) is 0 Å². The van der Waals surface area contributed by atoms with Crippen molar-refractivity contribution in [2.24, 2.45) is 0 Å². The van der Waals surface area contributed by atoms with Gasteiger partial charge in [0.05, 0.1) is 21.5 Å². The summed E-state index contributed by atoms with van der Waals surface area (Å²) in [5, 5.41) is 0.